The minimum absolute atomic E-state index is 0.0719. The average molecular weight is 478 g/mol. The molecule has 3 aliphatic rings. The molecule has 2 aromatic rings. The molecule has 9 heteroatoms. The Kier molecular flexibility index (Phi) is 5.98. The first-order valence-electron chi connectivity index (χ1n) is 12.1. The van der Waals surface area contributed by atoms with Crippen molar-refractivity contribution in [1.29, 1.82) is 0 Å². The Morgan fingerprint density at radius 1 is 1.18 bits per heavy atom. The van der Waals surface area contributed by atoms with Crippen molar-refractivity contribution >= 4 is 17.6 Å². The van der Waals surface area contributed by atoms with E-state index in [1.54, 1.807) is 0 Å². The number of amides is 1. The zero-order chi connectivity index (χ0) is 24.0. The number of carbonyl (C=O) groups excluding carboxylic acids is 1. The van der Waals surface area contributed by atoms with Gasteiger partial charge in [-0.1, -0.05) is 13.8 Å². The van der Waals surface area contributed by atoms with Gasteiger partial charge in [0.2, 0.25) is 0 Å². The first kappa shape index (κ1) is 23.1. The first-order chi connectivity index (χ1) is 16.3. The van der Waals surface area contributed by atoms with Gasteiger partial charge in [0.1, 0.15) is 5.76 Å². The Balaban J connectivity index is 1.29. The van der Waals surface area contributed by atoms with E-state index in [1.165, 1.54) is 6.42 Å². The smallest absolute Gasteiger partial charge is 0.298 e. The highest BCUT2D eigenvalue weighted by Gasteiger charge is 2.47. The van der Waals surface area contributed by atoms with Crippen molar-refractivity contribution in [2.75, 3.05) is 30.0 Å². The van der Waals surface area contributed by atoms with Crippen LogP contribution in [0.15, 0.2) is 16.5 Å². The van der Waals surface area contributed by atoms with Gasteiger partial charge in [-0.05, 0) is 43.9 Å². The number of fused-ring (bicyclic) bond motifs is 1. The van der Waals surface area contributed by atoms with Gasteiger partial charge in [0.25, 0.3) is 11.9 Å². The van der Waals surface area contributed by atoms with E-state index < -0.39 is 30.0 Å². The topological polar surface area (TPSA) is 67.6 Å². The van der Waals surface area contributed by atoms with Crippen LogP contribution in [0.25, 0.3) is 0 Å². The van der Waals surface area contributed by atoms with Crippen molar-refractivity contribution in [3.8, 4) is 5.75 Å². The van der Waals surface area contributed by atoms with Gasteiger partial charge >= 0.3 is 0 Å². The monoisotopic (exact) mass is 477 g/mol. The largest absolute Gasteiger partial charge is 0.484 e. The highest BCUT2D eigenvalue weighted by molar-refractivity contribution is 6.03. The number of oxazole rings is 1. The maximum atomic E-state index is 14.6. The van der Waals surface area contributed by atoms with Crippen molar-refractivity contribution in [3.63, 3.8) is 0 Å². The van der Waals surface area contributed by atoms with Gasteiger partial charge in [-0.25, -0.2) is 8.78 Å². The van der Waals surface area contributed by atoms with Gasteiger partial charge in [0.05, 0.1) is 12.8 Å². The number of carbonyl (C=O) groups is 1. The number of aryl methyl sites for hydroxylation is 1. The van der Waals surface area contributed by atoms with Gasteiger partial charge < -0.3 is 19.4 Å². The Morgan fingerprint density at radius 3 is 2.41 bits per heavy atom. The van der Waals surface area contributed by atoms with Crippen LogP contribution in [0.3, 0.4) is 0 Å². The lowest BCUT2D eigenvalue weighted by Gasteiger charge is -2.48. The van der Waals surface area contributed by atoms with Crippen LogP contribution < -0.4 is 15.0 Å². The average Bonchev–Trinajstić information content (AvgIpc) is 3.18. The lowest BCUT2D eigenvalue weighted by atomic mass is 9.75. The standard InChI is InChI=1S/C25H30F3N3O3/c1-3-25(4-2)12-31(13-25)24-30-21(20(34-24)5-6-26)23(32)29-16-10-18(27)22(19(28)11-16)33-17-8-14-7-15(14)9-17/h10-11,14-15,17H,3-9,12-13H2,1-2H3,(H,29,32)/t14-,15?,17?/m0/s1. The number of nitrogens with one attached hydrogen (secondary N) is 1. The zero-order valence-electron chi connectivity index (χ0n) is 19.5. The summed E-state index contributed by atoms with van der Waals surface area (Å²) in [6, 6.07) is 2.31. The molecule has 0 bridgehead atoms. The Labute approximate surface area is 196 Å². The number of alkyl halides is 1. The summed E-state index contributed by atoms with van der Waals surface area (Å²) >= 11 is 0. The van der Waals surface area contributed by atoms with Crippen molar-refractivity contribution in [1.82, 2.24) is 4.98 Å². The van der Waals surface area contributed by atoms with E-state index in [4.69, 9.17) is 9.15 Å². The van der Waals surface area contributed by atoms with Crippen LogP contribution in [0.1, 0.15) is 62.2 Å². The highest BCUT2D eigenvalue weighted by Crippen LogP contribution is 2.52. The molecule has 2 aliphatic carbocycles. The summed E-state index contributed by atoms with van der Waals surface area (Å²) in [5, 5.41) is 2.46. The van der Waals surface area contributed by atoms with Crippen LogP contribution in [0.4, 0.5) is 24.9 Å². The third-order valence-electron chi connectivity index (χ3n) is 7.79. The maximum absolute atomic E-state index is 14.6. The van der Waals surface area contributed by atoms with Crippen molar-refractivity contribution in [2.45, 2.75) is 58.5 Å². The van der Waals surface area contributed by atoms with E-state index in [0.29, 0.717) is 11.8 Å². The molecule has 1 aliphatic heterocycles. The number of anilines is 2. The number of nitrogens with zero attached hydrogens (tertiary/aromatic N) is 2. The van der Waals surface area contributed by atoms with E-state index >= 15 is 0 Å². The fourth-order valence-electron chi connectivity index (χ4n) is 5.36. The molecule has 3 atom stereocenters. The normalized spacial score (nSPS) is 24.5. The number of aromatic nitrogens is 1. The minimum Gasteiger partial charge on any atom is -0.484 e. The lowest BCUT2D eigenvalue weighted by Crippen LogP contribution is -2.56. The number of hydrogen-bond acceptors (Lipinski definition) is 5. The molecular weight excluding hydrogens is 447 g/mol. The van der Waals surface area contributed by atoms with Gasteiger partial charge in [-0.3, -0.25) is 9.18 Å². The third-order valence-corrected chi connectivity index (χ3v) is 7.79. The lowest BCUT2D eigenvalue weighted by molar-refractivity contribution is 0.102. The van der Waals surface area contributed by atoms with Crippen LogP contribution >= 0.6 is 0 Å². The molecule has 6 nitrogen and oxygen atoms in total. The van der Waals surface area contributed by atoms with Crippen LogP contribution in [-0.4, -0.2) is 36.8 Å². The molecule has 2 heterocycles. The second-order valence-corrected chi connectivity index (χ2v) is 9.96. The summed E-state index contributed by atoms with van der Waals surface area (Å²) in [5.74, 6) is -1.53. The molecule has 184 valence electrons. The molecule has 5 rings (SSSR count). The Hall–Kier alpha value is -2.71. The molecule has 3 fully saturated rings. The summed E-state index contributed by atoms with van der Waals surface area (Å²) in [6.07, 6.45) is 4.57. The molecule has 1 aromatic heterocycles. The Morgan fingerprint density at radius 2 is 1.82 bits per heavy atom. The predicted molar refractivity (Wildman–Crippen MR) is 121 cm³/mol. The fraction of sp³-hybridized carbons (Fsp3) is 0.600. The van der Waals surface area contributed by atoms with Crippen LogP contribution in [0, 0.1) is 28.9 Å². The van der Waals surface area contributed by atoms with E-state index in [9.17, 15) is 18.0 Å². The maximum Gasteiger partial charge on any atom is 0.298 e. The first-order valence-corrected chi connectivity index (χ1v) is 12.1. The van der Waals surface area contributed by atoms with Gasteiger partial charge in [-0.15, -0.1) is 0 Å². The molecule has 34 heavy (non-hydrogen) atoms. The fourth-order valence-corrected chi connectivity index (χ4v) is 5.36. The SMILES string of the molecule is CCC1(CC)CN(c2nc(C(=O)Nc3cc(F)c(OC4CC5C[C@H]5C4)c(F)c3)c(CCF)o2)C1. The molecule has 1 saturated heterocycles. The summed E-state index contributed by atoms with van der Waals surface area (Å²) in [4.78, 5) is 19.1. The predicted octanol–water partition coefficient (Wildman–Crippen LogP) is 5.52. The molecule has 1 aromatic carbocycles. The molecular formula is C25H30F3N3O3. The number of hydrogen-bond donors (Lipinski definition) is 1. The molecule has 0 radical (unpaired) electrons. The second kappa shape index (κ2) is 8.82. The molecule has 2 saturated carbocycles. The van der Waals surface area contributed by atoms with Gasteiger partial charge in [0, 0.05) is 42.7 Å². The number of rotatable bonds is 9. The summed E-state index contributed by atoms with van der Waals surface area (Å²) in [7, 11) is 0. The molecule has 1 N–H and O–H groups in total. The minimum atomic E-state index is -0.878. The number of benzene rings is 1. The van der Waals surface area contributed by atoms with Crippen molar-refractivity contribution in [3.05, 3.63) is 35.2 Å². The van der Waals surface area contributed by atoms with E-state index in [2.05, 4.69) is 24.1 Å². The number of halogens is 3. The van der Waals surface area contributed by atoms with E-state index in [1.807, 2.05) is 4.90 Å². The molecule has 1 amide bonds. The van der Waals surface area contributed by atoms with Crippen molar-refractivity contribution in [2.24, 2.45) is 17.3 Å². The van der Waals surface area contributed by atoms with Crippen LogP contribution in [0.5, 0.6) is 5.75 Å². The van der Waals surface area contributed by atoms with Crippen LogP contribution in [0.2, 0.25) is 0 Å². The van der Waals surface area contributed by atoms with Gasteiger partial charge in [0.15, 0.2) is 23.1 Å². The third kappa shape index (κ3) is 4.25. The quantitative estimate of drug-likeness (QED) is 0.515. The van der Waals surface area contributed by atoms with Crippen LogP contribution in [-0.2, 0) is 6.42 Å². The molecule has 2 unspecified atom stereocenters. The second-order valence-electron chi connectivity index (χ2n) is 9.96. The summed E-state index contributed by atoms with van der Waals surface area (Å²) < 4.78 is 53.6. The zero-order valence-corrected chi connectivity index (χ0v) is 19.5. The summed E-state index contributed by atoms with van der Waals surface area (Å²) in [6.45, 7) is 5.04. The molecule has 0 spiro atoms. The van der Waals surface area contributed by atoms with E-state index in [0.717, 1.165) is 50.9 Å². The van der Waals surface area contributed by atoms with Crippen molar-refractivity contribution < 1.29 is 27.1 Å². The number of ether oxygens (including phenoxy) is 1. The Bertz CT molecular complexity index is 1040. The highest BCUT2D eigenvalue weighted by atomic mass is 19.1. The van der Waals surface area contributed by atoms with Gasteiger partial charge in [-0.2, -0.15) is 4.98 Å². The summed E-state index contributed by atoms with van der Waals surface area (Å²) in [5.41, 5.74) is 0.0383. The van der Waals surface area contributed by atoms with E-state index in [-0.39, 0.29) is 41.1 Å².